The molecular formula is C23H16ClFN2O6S2. The summed E-state index contributed by atoms with van der Waals surface area (Å²) in [4.78, 5) is 36.3. The summed E-state index contributed by atoms with van der Waals surface area (Å²) in [7, 11) is -3.88. The second-order valence-electron chi connectivity index (χ2n) is 7.81. The summed E-state index contributed by atoms with van der Waals surface area (Å²) in [5, 5.41) is 11.8. The minimum Gasteiger partial charge on any atom is -0.298 e. The minimum atomic E-state index is -3.88. The molecule has 12 heteroatoms. The summed E-state index contributed by atoms with van der Waals surface area (Å²) >= 11 is 6.59. The van der Waals surface area contributed by atoms with E-state index in [1.165, 1.54) is 36.4 Å². The van der Waals surface area contributed by atoms with Gasteiger partial charge >= 0.3 is 0 Å². The van der Waals surface area contributed by atoms with Crippen LogP contribution in [0.3, 0.4) is 0 Å². The van der Waals surface area contributed by atoms with Gasteiger partial charge in [0.05, 0.1) is 31.9 Å². The van der Waals surface area contributed by atoms with Crippen molar-refractivity contribution < 1.29 is 22.5 Å². The number of carbonyl (C=O) groups excluding carboxylic acids is 1. The van der Waals surface area contributed by atoms with Crippen molar-refractivity contribution >= 4 is 55.0 Å². The van der Waals surface area contributed by atoms with E-state index in [0.717, 1.165) is 33.7 Å². The van der Waals surface area contributed by atoms with Gasteiger partial charge in [-0.05, 0) is 48.9 Å². The first kappa shape index (κ1) is 24.7. The van der Waals surface area contributed by atoms with Crippen molar-refractivity contribution in [3.05, 3.63) is 96.5 Å². The molecule has 0 radical (unpaired) electrons. The smallest absolute Gasteiger partial charge is 0.293 e. The van der Waals surface area contributed by atoms with Gasteiger partial charge in [-0.3, -0.25) is 24.3 Å². The number of nitro groups is 1. The third-order valence-corrected chi connectivity index (χ3v) is 8.72. The molecule has 0 aliphatic heterocycles. The fourth-order valence-corrected chi connectivity index (χ4v) is 6.46. The zero-order valence-corrected chi connectivity index (χ0v) is 20.4. The largest absolute Gasteiger partial charge is 0.298 e. The van der Waals surface area contributed by atoms with Crippen LogP contribution < -0.4 is 5.56 Å². The number of aromatic nitrogens is 1. The number of fused-ring (bicyclic) bond motifs is 1. The van der Waals surface area contributed by atoms with E-state index in [1.54, 1.807) is 13.0 Å². The van der Waals surface area contributed by atoms with Crippen LogP contribution in [0.5, 0.6) is 0 Å². The number of ketones is 1. The monoisotopic (exact) mass is 534 g/mol. The maximum Gasteiger partial charge on any atom is 0.293 e. The standard InChI is InChI=1S/C23H16ClFN2O6S2/c1-13-2-4-16-17(8-13)20(27(30)31)11-26(23(16)29)19-5-3-14(10-18(19)25)9-15(28)12-35(32,33)22-7-6-21(24)34-22/h2-8,10-11H,9,12H2,1H3. The number of benzene rings is 2. The van der Waals surface area contributed by atoms with Crippen LogP contribution in [0, 0.1) is 22.9 Å². The fourth-order valence-electron chi connectivity index (χ4n) is 3.64. The van der Waals surface area contributed by atoms with Gasteiger partial charge in [0.2, 0.25) is 0 Å². The summed E-state index contributed by atoms with van der Waals surface area (Å²) < 4.78 is 40.8. The number of rotatable bonds is 7. The Labute approximate surface area is 207 Å². The van der Waals surface area contributed by atoms with Crippen molar-refractivity contribution in [2.75, 3.05) is 5.75 Å². The van der Waals surface area contributed by atoms with Crippen LogP contribution in [-0.2, 0) is 21.1 Å². The van der Waals surface area contributed by atoms with E-state index in [-0.39, 0.29) is 42.7 Å². The molecule has 0 atom stereocenters. The molecule has 180 valence electrons. The Morgan fingerprint density at radius 3 is 2.51 bits per heavy atom. The zero-order chi connectivity index (χ0) is 25.5. The molecule has 2 aromatic carbocycles. The van der Waals surface area contributed by atoms with Crippen molar-refractivity contribution in [1.29, 1.82) is 0 Å². The Bertz CT molecular complexity index is 1680. The number of sulfone groups is 1. The third-order valence-electron chi connectivity index (χ3n) is 5.23. The maximum atomic E-state index is 15.0. The van der Waals surface area contributed by atoms with Gasteiger partial charge in [-0.1, -0.05) is 29.3 Å². The lowest BCUT2D eigenvalue weighted by molar-refractivity contribution is -0.383. The van der Waals surface area contributed by atoms with Crippen LogP contribution in [0.1, 0.15) is 11.1 Å². The molecule has 4 rings (SSSR count). The Morgan fingerprint density at radius 2 is 1.89 bits per heavy atom. The van der Waals surface area contributed by atoms with Gasteiger partial charge in [0.15, 0.2) is 15.6 Å². The molecule has 0 unspecified atom stereocenters. The number of halogens is 2. The van der Waals surface area contributed by atoms with Crippen molar-refractivity contribution in [3.8, 4) is 5.69 Å². The van der Waals surface area contributed by atoms with E-state index >= 15 is 0 Å². The lowest BCUT2D eigenvalue weighted by Gasteiger charge is -2.11. The van der Waals surface area contributed by atoms with E-state index in [9.17, 15) is 32.5 Å². The number of nitrogens with zero attached hydrogens (tertiary/aromatic N) is 2. The van der Waals surface area contributed by atoms with Crippen LogP contribution in [0.25, 0.3) is 16.5 Å². The molecule has 0 aliphatic carbocycles. The summed E-state index contributed by atoms with van der Waals surface area (Å²) in [5.41, 5.74) is -0.329. The number of pyridine rings is 1. The Kier molecular flexibility index (Phi) is 6.58. The highest BCUT2D eigenvalue weighted by Gasteiger charge is 2.23. The topological polar surface area (TPSA) is 116 Å². The first-order valence-electron chi connectivity index (χ1n) is 10.1. The lowest BCUT2D eigenvalue weighted by Crippen LogP contribution is -2.20. The number of thiophene rings is 1. The summed E-state index contributed by atoms with van der Waals surface area (Å²) in [5.74, 6) is -2.33. The highest BCUT2D eigenvalue weighted by Crippen LogP contribution is 2.28. The van der Waals surface area contributed by atoms with E-state index in [2.05, 4.69) is 0 Å². The average Bonchev–Trinajstić information content (AvgIpc) is 3.21. The molecular weight excluding hydrogens is 519 g/mol. The van der Waals surface area contributed by atoms with E-state index in [4.69, 9.17) is 11.6 Å². The van der Waals surface area contributed by atoms with Gasteiger partial charge in [-0.2, -0.15) is 0 Å². The molecule has 0 spiro atoms. The molecule has 0 saturated carbocycles. The highest BCUT2D eigenvalue weighted by atomic mass is 35.5. The number of aryl methyl sites for hydroxylation is 1. The molecule has 4 aromatic rings. The van der Waals surface area contributed by atoms with Gasteiger partial charge in [0, 0.05) is 6.42 Å². The van der Waals surface area contributed by atoms with Crippen molar-refractivity contribution in [3.63, 3.8) is 0 Å². The second-order valence-corrected chi connectivity index (χ2v) is 11.7. The van der Waals surface area contributed by atoms with E-state index < -0.39 is 37.7 Å². The van der Waals surface area contributed by atoms with E-state index in [1.807, 2.05) is 0 Å². The number of Topliss-reactive ketones (excluding diaryl/α,β-unsaturated/α-hetero) is 1. The fraction of sp³-hybridized carbons (Fsp3) is 0.130. The van der Waals surface area contributed by atoms with E-state index in [0.29, 0.717) is 0 Å². The molecule has 0 saturated heterocycles. The lowest BCUT2D eigenvalue weighted by atomic mass is 10.1. The minimum absolute atomic E-state index is 0.0372. The summed E-state index contributed by atoms with van der Waals surface area (Å²) in [6.07, 6.45) is 0.605. The molecule has 0 fully saturated rings. The second kappa shape index (κ2) is 9.33. The number of hydrogen-bond acceptors (Lipinski definition) is 7. The Morgan fingerprint density at radius 1 is 1.14 bits per heavy atom. The quantitative estimate of drug-likeness (QED) is 0.252. The predicted molar refractivity (Wildman–Crippen MR) is 131 cm³/mol. The van der Waals surface area contributed by atoms with Crippen molar-refractivity contribution in [2.24, 2.45) is 0 Å². The van der Waals surface area contributed by atoms with Crippen LogP contribution in [0.15, 0.2) is 63.7 Å². The van der Waals surface area contributed by atoms with Crippen molar-refractivity contribution in [1.82, 2.24) is 4.57 Å². The molecule has 0 aliphatic rings. The molecule has 0 N–H and O–H groups in total. The van der Waals surface area contributed by atoms with Gasteiger partial charge in [-0.25, -0.2) is 12.8 Å². The molecule has 8 nitrogen and oxygen atoms in total. The summed E-state index contributed by atoms with van der Waals surface area (Å²) in [6, 6.07) is 10.9. The molecule has 2 aromatic heterocycles. The Hall–Kier alpha value is -3.41. The molecule has 2 heterocycles. The SMILES string of the molecule is Cc1ccc2c(=O)n(-c3ccc(CC(=O)CS(=O)(=O)c4ccc(Cl)s4)cc3F)cc([N+](=O)[O-])c2c1. The number of carbonyl (C=O) groups is 1. The van der Waals surface area contributed by atoms with Crippen LogP contribution in [0.2, 0.25) is 4.34 Å². The maximum absolute atomic E-state index is 15.0. The van der Waals surface area contributed by atoms with Gasteiger partial charge < -0.3 is 0 Å². The molecule has 0 bridgehead atoms. The summed E-state index contributed by atoms with van der Waals surface area (Å²) in [6.45, 7) is 1.73. The van der Waals surface area contributed by atoms with Crippen LogP contribution in [0.4, 0.5) is 10.1 Å². The zero-order valence-electron chi connectivity index (χ0n) is 18.0. The van der Waals surface area contributed by atoms with Crippen LogP contribution >= 0.6 is 22.9 Å². The van der Waals surface area contributed by atoms with Crippen molar-refractivity contribution in [2.45, 2.75) is 17.6 Å². The van der Waals surface area contributed by atoms with Gasteiger partial charge in [-0.15, -0.1) is 11.3 Å². The van der Waals surface area contributed by atoms with Gasteiger partial charge in [0.1, 0.15) is 15.8 Å². The molecule has 35 heavy (non-hydrogen) atoms. The highest BCUT2D eigenvalue weighted by molar-refractivity contribution is 7.94. The van der Waals surface area contributed by atoms with Crippen LogP contribution in [-0.4, -0.2) is 29.4 Å². The third kappa shape index (κ3) is 5.02. The normalized spacial score (nSPS) is 11.6. The Balaban J connectivity index is 1.65. The van der Waals surface area contributed by atoms with Gasteiger partial charge in [0.25, 0.3) is 11.2 Å². The predicted octanol–water partition coefficient (Wildman–Crippen LogP) is 4.65. The average molecular weight is 535 g/mol. The number of hydrogen-bond donors (Lipinski definition) is 0. The molecule has 0 amide bonds. The first-order chi connectivity index (χ1) is 16.5. The first-order valence-corrected chi connectivity index (χ1v) is 12.9.